The molecule has 0 aliphatic heterocycles. The monoisotopic (exact) mass is 468 g/mol. The Kier molecular flexibility index (Phi) is 5.39. The Balaban J connectivity index is 1.47. The fraction of sp³-hybridized carbons (Fsp3) is 0.261. The maximum Gasteiger partial charge on any atom is 0.408 e. The summed E-state index contributed by atoms with van der Waals surface area (Å²) in [4.78, 5) is 25.4. The lowest BCUT2D eigenvalue weighted by Gasteiger charge is -2.20. The second-order valence-electron chi connectivity index (χ2n) is 8.07. The Morgan fingerprint density at radius 2 is 1.94 bits per heavy atom. The number of carbonyl (C=O) groups excluding carboxylic acids is 1. The smallest absolute Gasteiger partial charge is 0.408 e. The van der Waals surface area contributed by atoms with Gasteiger partial charge in [-0.3, -0.25) is 4.79 Å². The highest BCUT2D eigenvalue weighted by atomic mass is 19.4. The summed E-state index contributed by atoms with van der Waals surface area (Å²) in [5, 5.41) is 6.29. The number of hydrogen-bond donors (Lipinski definition) is 1. The van der Waals surface area contributed by atoms with Crippen molar-refractivity contribution in [3.8, 4) is 23.0 Å². The summed E-state index contributed by atoms with van der Waals surface area (Å²) in [6, 6.07) is 8.78. The molecule has 1 aliphatic rings. The summed E-state index contributed by atoms with van der Waals surface area (Å²) in [7, 11) is 0. The Labute approximate surface area is 191 Å². The van der Waals surface area contributed by atoms with Crippen LogP contribution in [0.1, 0.15) is 28.9 Å². The number of benzene rings is 1. The Bertz CT molecular complexity index is 1350. The van der Waals surface area contributed by atoms with Crippen molar-refractivity contribution < 1.29 is 22.7 Å². The van der Waals surface area contributed by atoms with Gasteiger partial charge in [-0.05, 0) is 49.9 Å². The minimum atomic E-state index is -4.52. The molecule has 3 heterocycles. The molecule has 11 heteroatoms. The summed E-state index contributed by atoms with van der Waals surface area (Å²) in [5.74, 6) is -0.967. The predicted molar refractivity (Wildman–Crippen MR) is 115 cm³/mol. The van der Waals surface area contributed by atoms with Gasteiger partial charge in [-0.25, -0.2) is 19.5 Å². The van der Waals surface area contributed by atoms with Gasteiger partial charge in [0.15, 0.2) is 5.65 Å². The summed E-state index contributed by atoms with van der Waals surface area (Å²) in [6.45, 7) is 1.77. The molecule has 1 amide bonds. The third-order valence-electron chi connectivity index (χ3n) is 5.51. The van der Waals surface area contributed by atoms with Crippen molar-refractivity contribution in [2.24, 2.45) is 5.92 Å². The largest absolute Gasteiger partial charge is 0.424 e. The first-order chi connectivity index (χ1) is 16.3. The number of rotatable bonds is 6. The highest BCUT2D eigenvalue weighted by Crippen LogP contribution is 2.40. The van der Waals surface area contributed by atoms with Gasteiger partial charge in [-0.1, -0.05) is 12.1 Å². The van der Waals surface area contributed by atoms with E-state index in [1.54, 1.807) is 55.7 Å². The fourth-order valence-corrected chi connectivity index (χ4v) is 3.70. The van der Waals surface area contributed by atoms with E-state index in [4.69, 9.17) is 4.74 Å². The highest BCUT2D eigenvalue weighted by Gasteiger charge is 2.49. The van der Waals surface area contributed by atoms with Crippen LogP contribution in [0.3, 0.4) is 0 Å². The minimum absolute atomic E-state index is 0.0232. The lowest BCUT2D eigenvalue weighted by molar-refractivity contribution is -0.158. The van der Waals surface area contributed by atoms with Crippen LogP contribution in [0.25, 0.3) is 16.9 Å². The maximum atomic E-state index is 13.4. The third-order valence-corrected chi connectivity index (χ3v) is 5.51. The van der Waals surface area contributed by atoms with E-state index in [-0.39, 0.29) is 17.2 Å². The molecule has 5 rings (SSSR count). The molecule has 1 atom stereocenters. The topological polar surface area (TPSA) is 94.3 Å². The maximum absolute atomic E-state index is 13.4. The molecule has 1 N–H and O–H groups in total. The van der Waals surface area contributed by atoms with Gasteiger partial charge >= 0.3 is 12.2 Å². The molecule has 0 radical (unpaired) electrons. The molecule has 0 spiro atoms. The van der Waals surface area contributed by atoms with Crippen LogP contribution >= 0.6 is 0 Å². The van der Waals surface area contributed by atoms with Crippen molar-refractivity contribution in [1.29, 1.82) is 0 Å². The normalized spacial score (nSPS) is 14.7. The van der Waals surface area contributed by atoms with Gasteiger partial charge in [0.2, 0.25) is 0 Å². The molecule has 1 aromatic carbocycles. The second kappa shape index (κ2) is 8.40. The van der Waals surface area contributed by atoms with Crippen molar-refractivity contribution in [3.63, 3.8) is 0 Å². The van der Waals surface area contributed by atoms with Crippen LogP contribution in [-0.4, -0.2) is 42.7 Å². The summed E-state index contributed by atoms with van der Waals surface area (Å²) < 4.78 is 47.3. The van der Waals surface area contributed by atoms with Crippen LogP contribution in [0.5, 0.6) is 11.8 Å². The Morgan fingerprint density at radius 3 is 2.65 bits per heavy atom. The number of hydrogen-bond acceptors (Lipinski definition) is 6. The number of amides is 1. The number of halogens is 3. The van der Waals surface area contributed by atoms with E-state index >= 15 is 0 Å². The average molecular weight is 468 g/mol. The van der Waals surface area contributed by atoms with Crippen LogP contribution in [0, 0.1) is 12.8 Å². The molecule has 8 nitrogen and oxygen atoms in total. The van der Waals surface area contributed by atoms with E-state index in [1.165, 1.54) is 10.7 Å². The van der Waals surface area contributed by atoms with Crippen molar-refractivity contribution in [1.82, 2.24) is 29.9 Å². The predicted octanol–water partition coefficient (Wildman–Crippen LogP) is 4.36. The molecule has 34 heavy (non-hydrogen) atoms. The number of ether oxygens (including phenoxy) is 1. The SMILES string of the molecule is Cc1cc(-c2cccc(Oc3ncccn3)c2)nc2c(C(=O)NC(C3CC3)C(F)(F)F)cnn12. The van der Waals surface area contributed by atoms with E-state index < -0.39 is 24.0 Å². The Morgan fingerprint density at radius 1 is 1.18 bits per heavy atom. The van der Waals surface area contributed by atoms with Gasteiger partial charge < -0.3 is 10.1 Å². The first kappa shape index (κ1) is 21.8. The first-order valence-electron chi connectivity index (χ1n) is 10.6. The molecule has 1 fully saturated rings. The van der Waals surface area contributed by atoms with Gasteiger partial charge in [-0.2, -0.15) is 18.3 Å². The zero-order valence-corrected chi connectivity index (χ0v) is 18.0. The number of aryl methyl sites for hydroxylation is 1. The molecule has 1 saturated carbocycles. The molecule has 0 bridgehead atoms. The lowest BCUT2D eigenvalue weighted by atomic mass is 10.1. The van der Waals surface area contributed by atoms with E-state index in [0.717, 1.165) is 0 Å². The first-order valence-corrected chi connectivity index (χ1v) is 10.6. The van der Waals surface area contributed by atoms with Crippen LogP contribution in [-0.2, 0) is 0 Å². The highest BCUT2D eigenvalue weighted by molar-refractivity contribution is 6.00. The molecule has 1 unspecified atom stereocenters. The number of fused-ring (bicyclic) bond motifs is 1. The molecule has 4 aromatic rings. The van der Waals surface area contributed by atoms with Crippen LogP contribution in [0.2, 0.25) is 0 Å². The number of alkyl halides is 3. The van der Waals surface area contributed by atoms with E-state index in [2.05, 4.69) is 25.4 Å². The molecule has 3 aromatic heterocycles. The number of nitrogens with one attached hydrogen (secondary N) is 1. The number of aromatic nitrogens is 5. The van der Waals surface area contributed by atoms with Gasteiger partial charge in [0.25, 0.3) is 5.91 Å². The zero-order valence-electron chi connectivity index (χ0n) is 18.0. The molecular weight excluding hydrogens is 449 g/mol. The number of nitrogens with zero attached hydrogens (tertiary/aromatic N) is 5. The van der Waals surface area contributed by atoms with Crippen LogP contribution < -0.4 is 10.1 Å². The fourth-order valence-electron chi connectivity index (χ4n) is 3.70. The molecule has 1 aliphatic carbocycles. The second-order valence-corrected chi connectivity index (χ2v) is 8.07. The van der Waals surface area contributed by atoms with Crippen LogP contribution in [0.4, 0.5) is 13.2 Å². The van der Waals surface area contributed by atoms with Crippen LogP contribution in [0.15, 0.2) is 55.0 Å². The zero-order chi connectivity index (χ0) is 23.9. The van der Waals surface area contributed by atoms with Crippen molar-refractivity contribution >= 4 is 11.6 Å². The van der Waals surface area contributed by atoms with Gasteiger partial charge in [0, 0.05) is 23.7 Å². The van der Waals surface area contributed by atoms with Crippen molar-refractivity contribution in [2.75, 3.05) is 0 Å². The number of carbonyl (C=O) groups is 1. The molecular formula is C23H19F3N6O2. The van der Waals surface area contributed by atoms with E-state index in [1.807, 2.05) is 0 Å². The Hall–Kier alpha value is -4.02. The van der Waals surface area contributed by atoms with E-state index in [9.17, 15) is 18.0 Å². The van der Waals surface area contributed by atoms with Gasteiger partial charge in [0.05, 0.1) is 11.9 Å². The summed E-state index contributed by atoms with van der Waals surface area (Å²) in [6.07, 6.45) is 0.714. The minimum Gasteiger partial charge on any atom is -0.424 e. The van der Waals surface area contributed by atoms with Crippen molar-refractivity contribution in [2.45, 2.75) is 32.0 Å². The summed E-state index contributed by atoms with van der Waals surface area (Å²) in [5.41, 5.74) is 1.99. The molecule has 174 valence electrons. The molecule has 0 saturated heterocycles. The quantitative estimate of drug-likeness (QED) is 0.452. The average Bonchev–Trinajstić information content (AvgIpc) is 3.55. The van der Waals surface area contributed by atoms with Crippen molar-refractivity contribution in [3.05, 3.63) is 66.2 Å². The summed E-state index contributed by atoms with van der Waals surface area (Å²) >= 11 is 0. The standard InChI is InChI=1S/C23H19F3N6O2/c1-13-10-18(15-4-2-5-16(11-15)34-22-27-8-3-9-28-22)30-20-17(12-29-32(13)20)21(33)31-19(14-6-7-14)23(24,25)26/h2-5,8-12,14,19H,6-7H2,1H3,(H,31,33). The van der Waals surface area contributed by atoms with Gasteiger partial charge in [-0.15, -0.1) is 0 Å². The lowest BCUT2D eigenvalue weighted by Crippen LogP contribution is -2.46. The van der Waals surface area contributed by atoms with Gasteiger partial charge in [0.1, 0.15) is 17.4 Å². The van der Waals surface area contributed by atoms with E-state index in [0.29, 0.717) is 35.5 Å². The third kappa shape index (κ3) is 4.41.